The van der Waals surface area contributed by atoms with Crippen LogP contribution in [0.1, 0.15) is 23.6 Å². The Morgan fingerprint density at radius 2 is 0.935 bits per heavy atom. The lowest BCUT2D eigenvalue weighted by Crippen LogP contribution is -2.22. The number of nitrogens with zero attached hydrogens (tertiary/aromatic N) is 2. The molecule has 1 atom stereocenters. The monoisotopic (exact) mass is 586 g/mol. The smallest absolute Gasteiger partial charge is 0.0544 e. The molecule has 10 rings (SSSR count). The molecule has 216 valence electrons. The molecule has 2 aromatic heterocycles. The van der Waals surface area contributed by atoms with Gasteiger partial charge in [-0.1, -0.05) is 109 Å². The third-order valence-corrected chi connectivity index (χ3v) is 10.4. The van der Waals surface area contributed by atoms with Crippen LogP contribution in [-0.4, -0.2) is 9.13 Å². The van der Waals surface area contributed by atoms with Gasteiger partial charge in [0, 0.05) is 38.3 Å². The summed E-state index contributed by atoms with van der Waals surface area (Å²) in [6.07, 6.45) is 0. The van der Waals surface area contributed by atoms with Gasteiger partial charge in [0.25, 0.3) is 0 Å². The van der Waals surface area contributed by atoms with E-state index in [0.717, 1.165) is 0 Å². The number of hydrogen-bond donors (Lipinski definition) is 0. The van der Waals surface area contributed by atoms with Gasteiger partial charge >= 0.3 is 0 Å². The molecule has 0 fully saturated rings. The van der Waals surface area contributed by atoms with Crippen LogP contribution >= 0.6 is 0 Å². The highest BCUT2D eigenvalue weighted by Crippen LogP contribution is 2.54. The fourth-order valence-corrected chi connectivity index (χ4v) is 8.27. The summed E-state index contributed by atoms with van der Waals surface area (Å²) in [6, 6.07) is 60.2. The van der Waals surface area contributed by atoms with Crippen molar-refractivity contribution in [1.29, 1.82) is 0 Å². The summed E-state index contributed by atoms with van der Waals surface area (Å²) in [4.78, 5) is 0. The number of fused-ring (bicyclic) bond motifs is 9. The van der Waals surface area contributed by atoms with Crippen LogP contribution in [0.2, 0.25) is 0 Å². The van der Waals surface area contributed by atoms with Crippen molar-refractivity contribution in [2.24, 2.45) is 0 Å². The summed E-state index contributed by atoms with van der Waals surface area (Å²) in [5.41, 5.74) is 13.7. The van der Waals surface area contributed by atoms with Crippen LogP contribution in [-0.2, 0) is 5.41 Å². The first-order valence-corrected chi connectivity index (χ1v) is 16.0. The van der Waals surface area contributed by atoms with Crippen molar-refractivity contribution in [2.45, 2.75) is 12.3 Å². The zero-order valence-electron chi connectivity index (χ0n) is 25.5. The van der Waals surface area contributed by atoms with E-state index in [1.165, 1.54) is 82.8 Å². The van der Waals surface area contributed by atoms with E-state index in [0.29, 0.717) is 0 Å². The second-order valence-electron chi connectivity index (χ2n) is 12.7. The zero-order valence-corrected chi connectivity index (χ0v) is 25.5. The molecule has 7 aromatic carbocycles. The molecule has 0 radical (unpaired) electrons. The number of aromatic nitrogens is 2. The van der Waals surface area contributed by atoms with Crippen molar-refractivity contribution in [3.8, 4) is 22.5 Å². The summed E-state index contributed by atoms with van der Waals surface area (Å²) < 4.78 is 4.86. The maximum absolute atomic E-state index is 2.48. The second kappa shape index (κ2) is 9.32. The van der Waals surface area contributed by atoms with Crippen LogP contribution in [0, 0.1) is 0 Å². The predicted octanol–water partition coefficient (Wildman–Crippen LogP) is 11.2. The van der Waals surface area contributed by atoms with Crippen LogP contribution in [0.25, 0.3) is 66.1 Å². The quantitative estimate of drug-likeness (QED) is 0.195. The maximum atomic E-state index is 2.48. The summed E-state index contributed by atoms with van der Waals surface area (Å²) in [5.74, 6) is 0. The van der Waals surface area contributed by atoms with E-state index in [-0.39, 0.29) is 5.41 Å². The molecule has 0 aliphatic heterocycles. The van der Waals surface area contributed by atoms with Crippen molar-refractivity contribution in [3.63, 3.8) is 0 Å². The van der Waals surface area contributed by atoms with Gasteiger partial charge in [0.2, 0.25) is 0 Å². The van der Waals surface area contributed by atoms with E-state index >= 15 is 0 Å². The number of rotatable bonds is 3. The highest BCUT2D eigenvalue weighted by molar-refractivity contribution is 6.13. The minimum atomic E-state index is -0.254. The first-order valence-electron chi connectivity index (χ1n) is 16.0. The Labute approximate surface area is 267 Å². The topological polar surface area (TPSA) is 9.86 Å². The summed E-state index contributed by atoms with van der Waals surface area (Å²) >= 11 is 0. The van der Waals surface area contributed by atoms with E-state index in [1.807, 2.05) is 0 Å². The summed E-state index contributed by atoms with van der Waals surface area (Å²) in [6.45, 7) is 2.40. The number of para-hydroxylation sites is 3. The van der Waals surface area contributed by atoms with Gasteiger partial charge in [-0.25, -0.2) is 0 Å². The average Bonchev–Trinajstić information content (AvgIpc) is 3.72. The first kappa shape index (κ1) is 25.5. The molecular weight excluding hydrogens is 556 g/mol. The largest absolute Gasteiger partial charge is 0.309 e. The lowest BCUT2D eigenvalue weighted by atomic mass is 9.74. The Morgan fingerprint density at radius 1 is 0.370 bits per heavy atom. The number of hydrogen-bond acceptors (Lipinski definition) is 0. The third kappa shape index (κ3) is 3.31. The molecule has 1 aliphatic rings. The highest BCUT2D eigenvalue weighted by Gasteiger charge is 2.41. The van der Waals surface area contributed by atoms with Crippen LogP contribution in [0.3, 0.4) is 0 Å². The van der Waals surface area contributed by atoms with E-state index in [2.05, 4.69) is 180 Å². The Morgan fingerprint density at radius 3 is 1.67 bits per heavy atom. The third-order valence-electron chi connectivity index (χ3n) is 10.4. The maximum Gasteiger partial charge on any atom is 0.0544 e. The SMILES string of the molecule is CC1(c2ccccc2)c2ccccc2-c2cc3c4ccccc4n(-c4ccc5c(c4)c4ccccc4n5-c4ccccc4)c3cc21. The molecule has 2 nitrogen and oxygen atoms in total. The molecule has 2 heterocycles. The standard InChI is InChI=1S/C44H30N2/c1-44(29-14-4-2-5-15-29)38-21-11-8-18-32(38)35-27-37-34-20-10-13-23-41(34)46(43(37)28-39(35)44)31-24-25-42-36(26-31)33-19-9-12-22-40(33)45(42)30-16-6-3-7-17-30/h2-28H,1H3. The molecule has 0 saturated carbocycles. The Bertz CT molecular complexity index is 2640. The van der Waals surface area contributed by atoms with Crippen molar-refractivity contribution < 1.29 is 0 Å². The molecule has 1 aliphatic carbocycles. The zero-order chi connectivity index (χ0) is 30.4. The number of benzene rings is 7. The lowest BCUT2D eigenvalue weighted by Gasteiger charge is -2.28. The summed E-state index contributed by atoms with van der Waals surface area (Å²) in [5, 5.41) is 5.08. The van der Waals surface area contributed by atoms with Crippen molar-refractivity contribution in [1.82, 2.24) is 9.13 Å². The Balaban J connectivity index is 1.29. The fraction of sp³-hybridized carbons (Fsp3) is 0.0455. The van der Waals surface area contributed by atoms with Gasteiger partial charge in [0.15, 0.2) is 0 Å². The van der Waals surface area contributed by atoms with Crippen molar-refractivity contribution in [3.05, 3.63) is 180 Å². The lowest BCUT2D eigenvalue weighted by molar-refractivity contribution is 0.714. The van der Waals surface area contributed by atoms with Crippen LogP contribution in [0.4, 0.5) is 0 Å². The van der Waals surface area contributed by atoms with Crippen molar-refractivity contribution in [2.75, 3.05) is 0 Å². The van der Waals surface area contributed by atoms with E-state index in [1.54, 1.807) is 0 Å². The molecule has 46 heavy (non-hydrogen) atoms. The van der Waals surface area contributed by atoms with Gasteiger partial charge in [0.05, 0.1) is 22.1 Å². The molecule has 2 heteroatoms. The van der Waals surface area contributed by atoms with Gasteiger partial charge in [0.1, 0.15) is 0 Å². The van der Waals surface area contributed by atoms with E-state index in [4.69, 9.17) is 0 Å². The van der Waals surface area contributed by atoms with Crippen LogP contribution < -0.4 is 0 Å². The second-order valence-corrected chi connectivity index (χ2v) is 12.7. The molecule has 1 unspecified atom stereocenters. The molecule has 0 N–H and O–H groups in total. The van der Waals surface area contributed by atoms with Crippen LogP contribution in [0.15, 0.2) is 164 Å². The normalized spacial score (nSPS) is 15.6. The highest BCUT2D eigenvalue weighted by atomic mass is 15.0. The minimum absolute atomic E-state index is 0.254. The Hall–Kier alpha value is -5.86. The summed E-state index contributed by atoms with van der Waals surface area (Å²) in [7, 11) is 0. The van der Waals surface area contributed by atoms with Gasteiger partial charge in [-0.2, -0.15) is 0 Å². The molecule has 0 saturated heterocycles. The molecule has 0 bridgehead atoms. The first-order chi connectivity index (χ1) is 22.7. The molecule has 0 amide bonds. The molecule has 9 aromatic rings. The average molecular weight is 587 g/mol. The molecular formula is C44H30N2. The van der Waals surface area contributed by atoms with Gasteiger partial charge < -0.3 is 9.13 Å². The predicted molar refractivity (Wildman–Crippen MR) is 193 cm³/mol. The van der Waals surface area contributed by atoms with Crippen LogP contribution in [0.5, 0.6) is 0 Å². The minimum Gasteiger partial charge on any atom is -0.309 e. The fourth-order valence-electron chi connectivity index (χ4n) is 8.27. The van der Waals surface area contributed by atoms with E-state index < -0.39 is 0 Å². The van der Waals surface area contributed by atoms with Gasteiger partial charge in [-0.15, -0.1) is 0 Å². The van der Waals surface area contributed by atoms with Gasteiger partial charge in [-0.05, 0) is 89.3 Å². The Kier molecular flexibility index (Phi) is 5.16. The van der Waals surface area contributed by atoms with E-state index in [9.17, 15) is 0 Å². The van der Waals surface area contributed by atoms with Gasteiger partial charge in [-0.3, -0.25) is 0 Å². The van der Waals surface area contributed by atoms with Crippen molar-refractivity contribution >= 4 is 43.6 Å². The molecule has 0 spiro atoms.